The van der Waals surface area contributed by atoms with Gasteiger partial charge in [0.1, 0.15) is 11.5 Å². The Kier molecular flexibility index (Phi) is 5.66. The van der Waals surface area contributed by atoms with Crippen LogP contribution in [0.2, 0.25) is 0 Å². The molecule has 1 amide bonds. The van der Waals surface area contributed by atoms with E-state index in [-0.39, 0.29) is 5.91 Å². The van der Waals surface area contributed by atoms with Crippen LogP contribution in [0.1, 0.15) is 20.3 Å². The second-order valence-corrected chi connectivity index (χ2v) is 6.29. The van der Waals surface area contributed by atoms with Gasteiger partial charge in [0, 0.05) is 37.0 Å². The molecule has 0 saturated carbocycles. The van der Waals surface area contributed by atoms with Crippen molar-refractivity contribution in [3.63, 3.8) is 0 Å². The van der Waals surface area contributed by atoms with Crippen LogP contribution in [-0.2, 0) is 4.79 Å². The molecule has 1 aromatic rings. The van der Waals surface area contributed by atoms with E-state index in [2.05, 4.69) is 24.1 Å². The third-order valence-electron chi connectivity index (χ3n) is 3.95. The Morgan fingerprint density at radius 1 is 1.14 bits per heavy atom. The summed E-state index contributed by atoms with van der Waals surface area (Å²) in [6.07, 6.45) is 1.24. The van der Waals surface area contributed by atoms with Crippen LogP contribution in [-0.4, -0.2) is 44.7 Å². The molecule has 5 heteroatoms. The second kappa shape index (κ2) is 7.49. The van der Waals surface area contributed by atoms with Crippen LogP contribution in [0.15, 0.2) is 18.2 Å². The summed E-state index contributed by atoms with van der Waals surface area (Å²) in [4.78, 5) is 14.5. The molecular weight excluding hydrogens is 280 g/mol. The van der Waals surface area contributed by atoms with Crippen molar-refractivity contribution in [2.75, 3.05) is 39.2 Å². The number of amides is 1. The highest BCUT2D eigenvalue weighted by atomic mass is 16.5. The fourth-order valence-electron chi connectivity index (χ4n) is 3.20. The topological polar surface area (TPSA) is 50.8 Å². The number of anilines is 1. The Morgan fingerprint density at radius 2 is 1.68 bits per heavy atom. The van der Waals surface area contributed by atoms with E-state index in [9.17, 15) is 4.79 Å². The molecule has 2 atom stereocenters. The molecule has 2 rings (SSSR count). The van der Waals surface area contributed by atoms with Crippen molar-refractivity contribution in [3.8, 4) is 11.5 Å². The molecule has 0 aliphatic carbocycles. The van der Waals surface area contributed by atoms with Gasteiger partial charge >= 0.3 is 0 Å². The zero-order valence-electron chi connectivity index (χ0n) is 13.9. The highest BCUT2D eigenvalue weighted by Crippen LogP contribution is 2.26. The van der Waals surface area contributed by atoms with Crippen LogP contribution in [0.4, 0.5) is 5.69 Å². The van der Waals surface area contributed by atoms with E-state index < -0.39 is 0 Å². The molecule has 5 nitrogen and oxygen atoms in total. The van der Waals surface area contributed by atoms with Gasteiger partial charge in [0.05, 0.1) is 20.8 Å². The Balaban J connectivity index is 1.96. The van der Waals surface area contributed by atoms with Gasteiger partial charge in [-0.3, -0.25) is 9.69 Å². The van der Waals surface area contributed by atoms with Crippen molar-refractivity contribution in [1.82, 2.24) is 4.90 Å². The monoisotopic (exact) mass is 306 g/mol. The van der Waals surface area contributed by atoms with Crippen molar-refractivity contribution >= 4 is 11.6 Å². The van der Waals surface area contributed by atoms with Gasteiger partial charge in [-0.05, 0) is 18.3 Å². The Hall–Kier alpha value is -1.75. The maximum atomic E-state index is 12.3. The second-order valence-electron chi connectivity index (χ2n) is 6.29. The van der Waals surface area contributed by atoms with E-state index in [0.717, 1.165) is 13.1 Å². The normalized spacial score (nSPS) is 22.2. The molecule has 1 saturated heterocycles. The van der Waals surface area contributed by atoms with E-state index in [1.165, 1.54) is 6.42 Å². The molecule has 1 fully saturated rings. The maximum absolute atomic E-state index is 12.3. The number of nitrogens with one attached hydrogen (secondary N) is 1. The minimum atomic E-state index is -0.00314. The maximum Gasteiger partial charge on any atom is 0.238 e. The number of likely N-dealkylation sites (tertiary alicyclic amines) is 1. The zero-order valence-corrected chi connectivity index (χ0v) is 13.9. The molecule has 1 heterocycles. The first kappa shape index (κ1) is 16.6. The van der Waals surface area contributed by atoms with E-state index >= 15 is 0 Å². The first-order valence-corrected chi connectivity index (χ1v) is 7.75. The number of nitrogens with zero attached hydrogens (tertiary/aromatic N) is 1. The lowest BCUT2D eigenvalue weighted by molar-refractivity contribution is -0.117. The molecule has 0 aromatic heterocycles. The molecule has 22 heavy (non-hydrogen) atoms. The quantitative estimate of drug-likeness (QED) is 0.908. The van der Waals surface area contributed by atoms with E-state index in [4.69, 9.17) is 9.47 Å². The number of ether oxygens (including phenoxy) is 2. The number of rotatable bonds is 5. The summed E-state index contributed by atoms with van der Waals surface area (Å²) >= 11 is 0. The molecule has 0 radical (unpaired) electrons. The number of benzene rings is 1. The number of hydrogen-bond donors (Lipinski definition) is 1. The molecule has 0 spiro atoms. The van der Waals surface area contributed by atoms with Crippen molar-refractivity contribution in [1.29, 1.82) is 0 Å². The number of hydrogen-bond acceptors (Lipinski definition) is 4. The van der Waals surface area contributed by atoms with Crippen LogP contribution < -0.4 is 14.8 Å². The molecule has 1 aliphatic rings. The lowest BCUT2D eigenvalue weighted by atomic mass is 9.92. The van der Waals surface area contributed by atoms with Crippen LogP contribution in [0.25, 0.3) is 0 Å². The largest absolute Gasteiger partial charge is 0.497 e. The Labute approximate surface area is 132 Å². The van der Waals surface area contributed by atoms with Crippen LogP contribution >= 0.6 is 0 Å². The Morgan fingerprint density at radius 3 is 2.18 bits per heavy atom. The molecule has 1 aromatic carbocycles. The third-order valence-corrected chi connectivity index (χ3v) is 3.95. The van der Waals surface area contributed by atoms with Crippen LogP contribution in [0.3, 0.4) is 0 Å². The minimum absolute atomic E-state index is 0.00314. The molecule has 122 valence electrons. The number of carbonyl (C=O) groups is 1. The smallest absolute Gasteiger partial charge is 0.238 e. The molecule has 1 aliphatic heterocycles. The van der Waals surface area contributed by atoms with Gasteiger partial charge in [-0.15, -0.1) is 0 Å². The summed E-state index contributed by atoms with van der Waals surface area (Å²) in [5.74, 6) is 2.61. The predicted octanol–water partition coefficient (Wildman–Crippen LogP) is 2.62. The van der Waals surface area contributed by atoms with Crippen molar-refractivity contribution in [2.45, 2.75) is 20.3 Å². The molecular formula is C17H26N2O3. The Bertz CT molecular complexity index is 486. The lowest BCUT2D eigenvalue weighted by Crippen LogP contribution is -2.42. The summed E-state index contributed by atoms with van der Waals surface area (Å²) in [6, 6.07) is 5.37. The fraction of sp³-hybridized carbons (Fsp3) is 0.588. The van der Waals surface area contributed by atoms with Gasteiger partial charge in [-0.25, -0.2) is 0 Å². The van der Waals surface area contributed by atoms with Gasteiger partial charge in [-0.1, -0.05) is 13.8 Å². The summed E-state index contributed by atoms with van der Waals surface area (Å²) in [5, 5.41) is 2.93. The lowest BCUT2D eigenvalue weighted by Gasteiger charge is -2.34. The summed E-state index contributed by atoms with van der Waals surface area (Å²) in [5.41, 5.74) is 0.694. The standard InChI is InChI=1S/C17H26N2O3/c1-12-5-13(2)10-19(9-12)11-17(20)18-14-6-15(21-3)8-16(7-14)22-4/h6-8,12-13H,5,9-11H2,1-4H3,(H,18,20). The van der Waals surface area contributed by atoms with Crippen LogP contribution in [0.5, 0.6) is 11.5 Å². The zero-order chi connectivity index (χ0) is 16.1. The minimum Gasteiger partial charge on any atom is -0.497 e. The van der Waals surface area contributed by atoms with Gasteiger partial charge in [0.25, 0.3) is 0 Å². The predicted molar refractivity (Wildman–Crippen MR) is 87.6 cm³/mol. The van der Waals surface area contributed by atoms with Gasteiger partial charge in [-0.2, -0.15) is 0 Å². The van der Waals surface area contributed by atoms with Crippen molar-refractivity contribution in [3.05, 3.63) is 18.2 Å². The van der Waals surface area contributed by atoms with E-state index in [1.54, 1.807) is 32.4 Å². The summed E-state index contributed by atoms with van der Waals surface area (Å²) in [7, 11) is 3.19. The molecule has 0 bridgehead atoms. The van der Waals surface area contributed by atoms with Gasteiger partial charge in [0.15, 0.2) is 0 Å². The van der Waals surface area contributed by atoms with E-state index in [0.29, 0.717) is 35.6 Å². The number of methoxy groups -OCH3 is 2. The highest BCUT2D eigenvalue weighted by molar-refractivity contribution is 5.92. The number of piperidine rings is 1. The number of carbonyl (C=O) groups excluding carboxylic acids is 1. The van der Waals surface area contributed by atoms with Crippen LogP contribution in [0, 0.1) is 11.8 Å². The van der Waals surface area contributed by atoms with E-state index in [1.807, 2.05) is 0 Å². The first-order valence-electron chi connectivity index (χ1n) is 7.75. The SMILES string of the molecule is COc1cc(NC(=O)CN2CC(C)CC(C)C2)cc(OC)c1. The highest BCUT2D eigenvalue weighted by Gasteiger charge is 2.23. The third kappa shape index (κ3) is 4.63. The van der Waals surface area contributed by atoms with Gasteiger partial charge in [0.2, 0.25) is 5.91 Å². The average molecular weight is 306 g/mol. The average Bonchev–Trinajstić information content (AvgIpc) is 2.45. The summed E-state index contributed by atoms with van der Waals surface area (Å²) in [6.45, 7) is 6.88. The van der Waals surface area contributed by atoms with Crippen molar-refractivity contribution < 1.29 is 14.3 Å². The van der Waals surface area contributed by atoms with Crippen molar-refractivity contribution in [2.24, 2.45) is 11.8 Å². The molecule has 2 unspecified atom stereocenters. The summed E-state index contributed by atoms with van der Waals surface area (Å²) < 4.78 is 10.4. The fourth-order valence-corrected chi connectivity index (χ4v) is 3.20. The van der Waals surface area contributed by atoms with Gasteiger partial charge < -0.3 is 14.8 Å². The first-order chi connectivity index (χ1) is 10.5. The molecule has 1 N–H and O–H groups in total.